The Kier molecular flexibility index (Phi) is 6.51. The SMILES string of the molecule is CCC[C@@H](NC(=O)N(C)Cc1cccc(Br)c1)C(=O)O. The van der Waals surface area contributed by atoms with Crippen molar-refractivity contribution in [2.45, 2.75) is 32.4 Å². The van der Waals surface area contributed by atoms with E-state index in [-0.39, 0.29) is 6.03 Å². The summed E-state index contributed by atoms with van der Waals surface area (Å²) in [6.45, 7) is 2.30. The number of carboxylic acid groups (broad SMARTS) is 1. The molecule has 6 heteroatoms. The van der Waals surface area contributed by atoms with E-state index in [4.69, 9.17) is 5.11 Å². The second-order valence-corrected chi connectivity index (χ2v) is 5.53. The molecule has 2 N–H and O–H groups in total. The topological polar surface area (TPSA) is 69.6 Å². The predicted octanol–water partition coefficient (Wildman–Crippen LogP) is 2.84. The van der Waals surface area contributed by atoms with Crippen molar-refractivity contribution in [1.82, 2.24) is 10.2 Å². The lowest BCUT2D eigenvalue weighted by Gasteiger charge is -2.21. The zero-order valence-corrected chi connectivity index (χ0v) is 13.2. The molecule has 1 atom stereocenters. The van der Waals surface area contributed by atoms with Gasteiger partial charge in [0.2, 0.25) is 0 Å². The summed E-state index contributed by atoms with van der Waals surface area (Å²) in [5.41, 5.74) is 0.972. The molecule has 0 aliphatic rings. The molecule has 0 unspecified atom stereocenters. The lowest BCUT2D eigenvalue weighted by Crippen LogP contribution is -2.46. The highest BCUT2D eigenvalue weighted by atomic mass is 79.9. The maximum Gasteiger partial charge on any atom is 0.326 e. The van der Waals surface area contributed by atoms with Gasteiger partial charge in [-0.1, -0.05) is 41.4 Å². The molecular formula is C14H19BrN2O3. The molecule has 0 radical (unpaired) electrons. The number of carbonyl (C=O) groups excluding carboxylic acids is 1. The Balaban J connectivity index is 2.60. The van der Waals surface area contributed by atoms with Crippen molar-refractivity contribution < 1.29 is 14.7 Å². The maximum atomic E-state index is 12.0. The molecule has 0 heterocycles. The molecule has 0 aliphatic carbocycles. The standard InChI is InChI=1S/C14H19BrN2O3/c1-3-5-12(13(18)19)16-14(20)17(2)9-10-6-4-7-11(15)8-10/h4,6-8,12H,3,5,9H2,1-2H3,(H,16,20)(H,18,19)/t12-/m1/s1. The minimum absolute atomic E-state index is 0.383. The van der Waals surface area contributed by atoms with Crippen LogP contribution in [0.4, 0.5) is 4.79 Å². The quantitative estimate of drug-likeness (QED) is 0.835. The molecule has 20 heavy (non-hydrogen) atoms. The van der Waals surface area contributed by atoms with Gasteiger partial charge in [0.25, 0.3) is 0 Å². The number of amides is 2. The molecule has 1 aromatic carbocycles. The first kappa shape index (κ1) is 16.5. The molecular weight excluding hydrogens is 324 g/mol. The number of carbonyl (C=O) groups is 2. The lowest BCUT2D eigenvalue weighted by molar-refractivity contribution is -0.139. The summed E-state index contributed by atoms with van der Waals surface area (Å²) in [4.78, 5) is 24.4. The molecule has 1 rings (SSSR count). The van der Waals surface area contributed by atoms with Gasteiger partial charge >= 0.3 is 12.0 Å². The van der Waals surface area contributed by atoms with Crippen LogP contribution in [0.25, 0.3) is 0 Å². The van der Waals surface area contributed by atoms with Gasteiger partial charge < -0.3 is 15.3 Å². The molecule has 2 amide bonds. The number of carboxylic acids is 1. The number of nitrogens with zero attached hydrogens (tertiary/aromatic N) is 1. The van der Waals surface area contributed by atoms with E-state index in [0.717, 1.165) is 10.0 Å². The zero-order valence-electron chi connectivity index (χ0n) is 11.6. The fourth-order valence-corrected chi connectivity index (χ4v) is 2.23. The molecule has 0 bridgehead atoms. The Morgan fingerprint density at radius 1 is 1.45 bits per heavy atom. The number of benzene rings is 1. The summed E-state index contributed by atoms with van der Waals surface area (Å²) in [7, 11) is 1.64. The number of halogens is 1. The van der Waals surface area contributed by atoms with E-state index in [1.165, 1.54) is 4.90 Å². The average molecular weight is 343 g/mol. The van der Waals surface area contributed by atoms with Crippen LogP contribution in [0, 0.1) is 0 Å². The fraction of sp³-hybridized carbons (Fsp3) is 0.429. The molecule has 0 aromatic heterocycles. The predicted molar refractivity (Wildman–Crippen MR) is 80.5 cm³/mol. The second-order valence-electron chi connectivity index (χ2n) is 4.61. The van der Waals surface area contributed by atoms with Crippen molar-refractivity contribution in [3.8, 4) is 0 Å². The first-order chi connectivity index (χ1) is 9.43. The molecule has 0 spiro atoms. The van der Waals surface area contributed by atoms with Gasteiger partial charge in [0.15, 0.2) is 0 Å². The second kappa shape index (κ2) is 7.89. The van der Waals surface area contributed by atoms with Crippen LogP contribution in [0.5, 0.6) is 0 Å². The Morgan fingerprint density at radius 2 is 2.15 bits per heavy atom. The average Bonchev–Trinajstić information content (AvgIpc) is 2.37. The number of urea groups is 1. The van der Waals surface area contributed by atoms with Crippen molar-refractivity contribution in [1.29, 1.82) is 0 Å². The third-order valence-corrected chi connectivity index (χ3v) is 3.32. The number of hydrogen-bond donors (Lipinski definition) is 2. The highest BCUT2D eigenvalue weighted by Gasteiger charge is 2.20. The van der Waals surface area contributed by atoms with Crippen molar-refractivity contribution in [3.05, 3.63) is 34.3 Å². The van der Waals surface area contributed by atoms with E-state index in [1.807, 2.05) is 31.2 Å². The van der Waals surface area contributed by atoms with Gasteiger partial charge in [0.05, 0.1) is 0 Å². The minimum atomic E-state index is -1.00. The van der Waals surface area contributed by atoms with E-state index in [1.54, 1.807) is 7.05 Å². The lowest BCUT2D eigenvalue weighted by atomic mass is 10.2. The van der Waals surface area contributed by atoms with E-state index >= 15 is 0 Å². The summed E-state index contributed by atoms with van der Waals surface area (Å²) in [5.74, 6) is -1.00. The van der Waals surface area contributed by atoms with Crippen LogP contribution in [0.2, 0.25) is 0 Å². The van der Waals surface area contributed by atoms with Gasteiger partial charge in [-0.3, -0.25) is 0 Å². The molecule has 1 aromatic rings. The van der Waals surface area contributed by atoms with Crippen LogP contribution in [0.1, 0.15) is 25.3 Å². The smallest absolute Gasteiger partial charge is 0.326 e. The number of rotatable bonds is 6. The summed E-state index contributed by atoms with van der Waals surface area (Å²) >= 11 is 3.37. The highest BCUT2D eigenvalue weighted by Crippen LogP contribution is 2.13. The minimum Gasteiger partial charge on any atom is -0.480 e. The molecule has 0 saturated carbocycles. The molecule has 0 saturated heterocycles. The third kappa shape index (κ3) is 5.21. The Bertz CT molecular complexity index is 479. The van der Waals surface area contributed by atoms with E-state index in [9.17, 15) is 9.59 Å². The Labute approximate surface area is 127 Å². The summed E-state index contributed by atoms with van der Waals surface area (Å²) in [5, 5.41) is 11.5. The maximum absolute atomic E-state index is 12.0. The summed E-state index contributed by atoms with van der Waals surface area (Å²) in [6, 6.07) is 6.41. The van der Waals surface area contributed by atoms with Crippen molar-refractivity contribution in [3.63, 3.8) is 0 Å². The van der Waals surface area contributed by atoms with E-state index < -0.39 is 12.0 Å². The highest BCUT2D eigenvalue weighted by molar-refractivity contribution is 9.10. The molecule has 110 valence electrons. The Hall–Kier alpha value is -1.56. The van der Waals surface area contributed by atoms with Crippen LogP contribution in [-0.2, 0) is 11.3 Å². The van der Waals surface area contributed by atoms with Crippen LogP contribution < -0.4 is 5.32 Å². The largest absolute Gasteiger partial charge is 0.480 e. The van der Waals surface area contributed by atoms with Gasteiger partial charge in [0, 0.05) is 18.1 Å². The molecule has 0 aliphatic heterocycles. The summed E-state index contributed by atoms with van der Waals surface area (Å²) < 4.78 is 0.943. The van der Waals surface area contributed by atoms with Gasteiger partial charge in [0.1, 0.15) is 6.04 Å². The normalized spacial score (nSPS) is 11.8. The van der Waals surface area contributed by atoms with Crippen LogP contribution >= 0.6 is 15.9 Å². The third-order valence-electron chi connectivity index (χ3n) is 2.83. The van der Waals surface area contributed by atoms with E-state index in [2.05, 4.69) is 21.2 Å². The van der Waals surface area contributed by atoms with E-state index in [0.29, 0.717) is 19.4 Å². The summed E-state index contributed by atoms with van der Waals surface area (Å²) in [6.07, 6.45) is 1.12. The molecule has 5 nitrogen and oxygen atoms in total. The number of aliphatic carboxylic acids is 1. The number of hydrogen-bond acceptors (Lipinski definition) is 2. The monoisotopic (exact) mass is 342 g/mol. The van der Waals surface area contributed by atoms with Crippen LogP contribution in [0.15, 0.2) is 28.7 Å². The Morgan fingerprint density at radius 3 is 2.70 bits per heavy atom. The van der Waals surface area contributed by atoms with Gasteiger partial charge in [-0.15, -0.1) is 0 Å². The van der Waals surface area contributed by atoms with Crippen molar-refractivity contribution >= 4 is 27.9 Å². The first-order valence-corrected chi connectivity index (χ1v) is 7.22. The van der Waals surface area contributed by atoms with Crippen molar-refractivity contribution in [2.75, 3.05) is 7.05 Å². The fourth-order valence-electron chi connectivity index (χ4n) is 1.79. The van der Waals surface area contributed by atoms with Crippen LogP contribution in [0.3, 0.4) is 0 Å². The van der Waals surface area contributed by atoms with Crippen LogP contribution in [-0.4, -0.2) is 35.1 Å². The van der Waals surface area contributed by atoms with Crippen molar-refractivity contribution in [2.24, 2.45) is 0 Å². The molecule has 0 fully saturated rings. The van der Waals surface area contributed by atoms with Gasteiger partial charge in [-0.05, 0) is 24.1 Å². The zero-order chi connectivity index (χ0) is 15.1. The van der Waals surface area contributed by atoms with Gasteiger partial charge in [-0.2, -0.15) is 0 Å². The van der Waals surface area contributed by atoms with Gasteiger partial charge in [-0.25, -0.2) is 9.59 Å². The number of nitrogens with one attached hydrogen (secondary N) is 1. The first-order valence-electron chi connectivity index (χ1n) is 6.43.